The van der Waals surface area contributed by atoms with Gasteiger partial charge in [-0.25, -0.2) is 0 Å². The largest absolute Gasteiger partial charge is 0.370 e. The van der Waals surface area contributed by atoms with Crippen LogP contribution in [-0.4, -0.2) is 18.1 Å². The zero-order chi connectivity index (χ0) is 15.2. The lowest BCUT2D eigenvalue weighted by Gasteiger charge is -2.25. The molecule has 4 heteroatoms. The van der Waals surface area contributed by atoms with Gasteiger partial charge in [-0.1, -0.05) is 43.1 Å². The molecule has 1 aromatic carbocycles. The van der Waals surface area contributed by atoms with Gasteiger partial charge in [0.05, 0.1) is 21.4 Å². The van der Waals surface area contributed by atoms with Gasteiger partial charge in [-0.15, -0.1) is 0 Å². The Balaban J connectivity index is 2.46. The van der Waals surface area contributed by atoms with Crippen LogP contribution in [0.4, 0.5) is 5.69 Å². The molecule has 0 aliphatic heterocycles. The van der Waals surface area contributed by atoms with Crippen LogP contribution in [0.15, 0.2) is 36.5 Å². The van der Waals surface area contributed by atoms with E-state index < -0.39 is 0 Å². The van der Waals surface area contributed by atoms with E-state index in [-0.39, 0.29) is 0 Å². The van der Waals surface area contributed by atoms with Gasteiger partial charge in [-0.2, -0.15) is 0 Å². The number of aromatic nitrogens is 1. The van der Waals surface area contributed by atoms with Gasteiger partial charge in [0.1, 0.15) is 0 Å². The van der Waals surface area contributed by atoms with E-state index in [1.54, 1.807) is 0 Å². The number of benzene rings is 1. The molecule has 0 unspecified atom stereocenters. The van der Waals surface area contributed by atoms with Crippen molar-refractivity contribution in [3.05, 3.63) is 46.6 Å². The van der Waals surface area contributed by atoms with Crippen molar-refractivity contribution in [2.45, 2.75) is 26.7 Å². The van der Waals surface area contributed by atoms with Crippen molar-refractivity contribution in [2.24, 2.45) is 0 Å². The lowest BCUT2D eigenvalue weighted by atomic mass is 10.1. The van der Waals surface area contributed by atoms with E-state index in [9.17, 15) is 0 Å². The Labute approximate surface area is 136 Å². The standard InChI is InChI=1S/C17H20Cl2N2/c1-3-10-21(11-4-2)16-6-5-9-20-17(16)13-7-8-14(18)15(19)12-13/h5-9,12H,3-4,10-11H2,1-2H3. The molecule has 1 heterocycles. The Hall–Kier alpha value is -1.25. The number of nitrogens with zero attached hydrogens (tertiary/aromatic N) is 2. The first-order valence-corrected chi connectivity index (χ1v) is 8.08. The summed E-state index contributed by atoms with van der Waals surface area (Å²) in [6.07, 6.45) is 4.03. The zero-order valence-electron chi connectivity index (χ0n) is 12.4. The molecule has 0 aliphatic carbocycles. The summed E-state index contributed by atoms with van der Waals surface area (Å²) in [7, 11) is 0. The molecule has 0 aliphatic rings. The van der Waals surface area contributed by atoms with Gasteiger partial charge in [0.2, 0.25) is 0 Å². The molecule has 2 nitrogen and oxygen atoms in total. The topological polar surface area (TPSA) is 16.1 Å². The second-order valence-corrected chi connectivity index (χ2v) is 5.80. The molecule has 0 fully saturated rings. The fourth-order valence-electron chi connectivity index (χ4n) is 2.41. The van der Waals surface area contributed by atoms with Crippen molar-refractivity contribution < 1.29 is 0 Å². The number of halogens is 2. The minimum atomic E-state index is 0.559. The average Bonchev–Trinajstić information content (AvgIpc) is 2.50. The van der Waals surface area contributed by atoms with Gasteiger partial charge < -0.3 is 4.90 Å². The molecule has 0 saturated heterocycles. The predicted molar refractivity (Wildman–Crippen MR) is 92.5 cm³/mol. The maximum Gasteiger partial charge on any atom is 0.0935 e. The lowest BCUT2D eigenvalue weighted by Crippen LogP contribution is -2.25. The third-order valence-electron chi connectivity index (χ3n) is 3.31. The van der Waals surface area contributed by atoms with Crippen LogP contribution >= 0.6 is 23.2 Å². The molecule has 21 heavy (non-hydrogen) atoms. The number of anilines is 1. The smallest absolute Gasteiger partial charge is 0.0935 e. The lowest BCUT2D eigenvalue weighted by molar-refractivity contribution is 0.744. The minimum Gasteiger partial charge on any atom is -0.370 e. The van der Waals surface area contributed by atoms with E-state index in [4.69, 9.17) is 23.2 Å². The van der Waals surface area contributed by atoms with Crippen LogP contribution in [0.25, 0.3) is 11.3 Å². The summed E-state index contributed by atoms with van der Waals surface area (Å²) in [4.78, 5) is 6.94. The molecule has 0 amide bonds. The molecule has 0 bridgehead atoms. The molecule has 0 atom stereocenters. The van der Waals surface area contributed by atoms with E-state index >= 15 is 0 Å². The van der Waals surface area contributed by atoms with Crippen LogP contribution in [0.1, 0.15) is 26.7 Å². The van der Waals surface area contributed by atoms with Crippen molar-refractivity contribution >= 4 is 28.9 Å². The first kappa shape index (κ1) is 16.1. The maximum absolute atomic E-state index is 6.14. The molecule has 0 saturated carbocycles. The number of hydrogen-bond acceptors (Lipinski definition) is 2. The number of rotatable bonds is 6. The second kappa shape index (κ2) is 7.67. The summed E-state index contributed by atoms with van der Waals surface area (Å²) in [6.45, 7) is 6.43. The Bertz CT molecular complexity index is 593. The van der Waals surface area contributed by atoms with Crippen LogP contribution in [0.5, 0.6) is 0 Å². The van der Waals surface area contributed by atoms with Gasteiger partial charge in [0.15, 0.2) is 0 Å². The van der Waals surface area contributed by atoms with Crippen molar-refractivity contribution in [1.82, 2.24) is 4.98 Å². The Morgan fingerprint density at radius 1 is 1.00 bits per heavy atom. The van der Waals surface area contributed by atoms with Crippen LogP contribution in [0.2, 0.25) is 10.0 Å². The van der Waals surface area contributed by atoms with Gasteiger partial charge in [-0.05, 0) is 37.1 Å². The average molecular weight is 323 g/mol. The molecule has 2 rings (SSSR count). The third kappa shape index (κ3) is 3.90. The van der Waals surface area contributed by atoms with Crippen molar-refractivity contribution in [1.29, 1.82) is 0 Å². The monoisotopic (exact) mass is 322 g/mol. The van der Waals surface area contributed by atoms with E-state index in [2.05, 4.69) is 29.8 Å². The van der Waals surface area contributed by atoms with E-state index in [1.807, 2.05) is 30.5 Å². The van der Waals surface area contributed by atoms with Crippen molar-refractivity contribution in [3.63, 3.8) is 0 Å². The fraction of sp³-hybridized carbons (Fsp3) is 0.353. The third-order valence-corrected chi connectivity index (χ3v) is 4.05. The van der Waals surface area contributed by atoms with Crippen molar-refractivity contribution in [3.8, 4) is 11.3 Å². The molecular formula is C17H20Cl2N2. The summed E-state index contributed by atoms with van der Waals surface area (Å²) in [5.74, 6) is 0. The Morgan fingerprint density at radius 3 is 2.33 bits per heavy atom. The van der Waals surface area contributed by atoms with Gasteiger partial charge in [0, 0.05) is 24.8 Å². The molecule has 0 radical (unpaired) electrons. The second-order valence-electron chi connectivity index (χ2n) is 4.99. The molecule has 0 spiro atoms. The summed E-state index contributed by atoms with van der Waals surface area (Å²) >= 11 is 12.2. The molecule has 2 aromatic rings. The Kier molecular flexibility index (Phi) is 5.89. The molecule has 1 aromatic heterocycles. The minimum absolute atomic E-state index is 0.559. The zero-order valence-corrected chi connectivity index (χ0v) is 14.0. The van der Waals surface area contributed by atoms with Crippen LogP contribution in [-0.2, 0) is 0 Å². The number of hydrogen-bond donors (Lipinski definition) is 0. The quantitative estimate of drug-likeness (QED) is 0.679. The van der Waals surface area contributed by atoms with Crippen molar-refractivity contribution in [2.75, 3.05) is 18.0 Å². The first-order chi connectivity index (χ1) is 10.2. The number of pyridine rings is 1. The maximum atomic E-state index is 6.14. The van der Waals surface area contributed by atoms with E-state index in [1.165, 1.54) is 0 Å². The Morgan fingerprint density at radius 2 is 1.71 bits per heavy atom. The molecule has 112 valence electrons. The van der Waals surface area contributed by atoms with Gasteiger partial charge in [-0.3, -0.25) is 4.98 Å². The highest BCUT2D eigenvalue weighted by molar-refractivity contribution is 6.42. The summed E-state index contributed by atoms with van der Waals surface area (Å²) in [5, 5.41) is 1.13. The van der Waals surface area contributed by atoms with Crippen LogP contribution in [0, 0.1) is 0 Å². The summed E-state index contributed by atoms with van der Waals surface area (Å²) in [6, 6.07) is 9.77. The fourth-order valence-corrected chi connectivity index (χ4v) is 2.71. The normalized spacial score (nSPS) is 10.7. The summed E-state index contributed by atoms with van der Waals surface area (Å²) in [5.41, 5.74) is 3.11. The highest BCUT2D eigenvalue weighted by Gasteiger charge is 2.13. The van der Waals surface area contributed by atoms with Gasteiger partial charge in [0.25, 0.3) is 0 Å². The first-order valence-electron chi connectivity index (χ1n) is 7.32. The predicted octanol–water partition coefficient (Wildman–Crippen LogP) is 5.68. The molecule has 0 N–H and O–H groups in total. The summed E-state index contributed by atoms with van der Waals surface area (Å²) < 4.78 is 0. The highest BCUT2D eigenvalue weighted by Crippen LogP contribution is 2.33. The van der Waals surface area contributed by atoms with E-state index in [0.29, 0.717) is 10.0 Å². The van der Waals surface area contributed by atoms with Crippen LogP contribution in [0.3, 0.4) is 0 Å². The SMILES string of the molecule is CCCN(CCC)c1cccnc1-c1ccc(Cl)c(Cl)c1. The van der Waals surface area contributed by atoms with E-state index in [0.717, 1.165) is 42.9 Å². The van der Waals surface area contributed by atoms with Gasteiger partial charge >= 0.3 is 0 Å². The van der Waals surface area contributed by atoms with Crippen LogP contribution < -0.4 is 4.90 Å². The highest BCUT2D eigenvalue weighted by atomic mass is 35.5. The molecular weight excluding hydrogens is 303 g/mol.